The smallest absolute Gasteiger partial charge is 0.237 e. The fourth-order valence-corrected chi connectivity index (χ4v) is 1.96. The zero-order valence-electron chi connectivity index (χ0n) is 12.5. The Morgan fingerprint density at radius 2 is 1.64 bits per heavy atom. The van der Waals surface area contributed by atoms with E-state index in [1.165, 1.54) is 0 Å². The van der Waals surface area contributed by atoms with Gasteiger partial charge in [0.05, 0.1) is 5.54 Å². The largest absolute Gasteiger partial charge is 0.489 e. The van der Waals surface area contributed by atoms with Crippen LogP contribution < -0.4 is 16.2 Å². The van der Waals surface area contributed by atoms with Gasteiger partial charge >= 0.3 is 0 Å². The summed E-state index contributed by atoms with van der Waals surface area (Å²) >= 11 is 0. The average Bonchev–Trinajstić information content (AvgIpc) is 2.47. The second-order valence-corrected chi connectivity index (χ2v) is 5.38. The Balaban J connectivity index is 0.00000242. The zero-order valence-corrected chi connectivity index (χ0v) is 13.3. The van der Waals surface area contributed by atoms with Crippen LogP contribution in [0.2, 0.25) is 0 Å². The van der Waals surface area contributed by atoms with Gasteiger partial charge in [-0.25, -0.2) is 0 Å². The van der Waals surface area contributed by atoms with Gasteiger partial charge in [0.2, 0.25) is 5.91 Å². The molecule has 0 fully saturated rings. The molecule has 0 saturated heterocycles. The second-order valence-electron chi connectivity index (χ2n) is 5.38. The summed E-state index contributed by atoms with van der Waals surface area (Å²) in [6.45, 7) is 2.16. The molecule has 2 aromatic rings. The molecule has 0 aliphatic carbocycles. The van der Waals surface area contributed by atoms with Crippen LogP contribution in [0, 0.1) is 0 Å². The molecule has 1 amide bonds. The molecule has 2 aromatic carbocycles. The quantitative estimate of drug-likeness (QED) is 0.858. The molecule has 4 nitrogen and oxygen atoms in total. The predicted molar refractivity (Wildman–Crippen MR) is 90.0 cm³/mol. The van der Waals surface area contributed by atoms with Gasteiger partial charge in [0, 0.05) is 0 Å². The summed E-state index contributed by atoms with van der Waals surface area (Å²) in [6, 6.07) is 17.5. The number of nitrogens with two attached hydrogens (primary N) is 2. The van der Waals surface area contributed by atoms with Gasteiger partial charge in [0.15, 0.2) is 0 Å². The SMILES string of the molecule is CC(N)(Cc1ccc(OCc2ccccc2)cc1)C(N)=O.Cl. The molecular formula is C17H21ClN2O2. The lowest BCUT2D eigenvalue weighted by molar-refractivity contribution is -0.122. The highest BCUT2D eigenvalue weighted by Gasteiger charge is 2.25. The molecule has 4 N–H and O–H groups in total. The van der Waals surface area contributed by atoms with Gasteiger partial charge in [0.25, 0.3) is 0 Å². The first-order chi connectivity index (χ1) is 9.97. The first kappa shape index (κ1) is 18.0. The number of carbonyl (C=O) groups is 1. The number of hydrogen-bond donors (Lipinski definition) is 2. The summed E-state index contributed by atoms with van der Waals surface area (Å²) in [5.41, 5.74) is 12.2. The molecule has 118 valence electrons. The number of hydrogen-bond acceptors (Lipinski definition) is 3. The fourth-order valence-electron chi connectivity index (χ4n) is 1.96. The minimum atomic E-state index is -1.04. The highest BCUT2D eigenvalue weighted by molar-refractivity contribution is 5.85. The first-order valence-electron chi connectivity index (χ1n) is 6.82. The van der Waals surface area contributed by atoms with Crippen molar-refractivity contribution < 1.29 is 9.53 Å². The van der Waals surface area contributed by atoms with E-state index in [1.807, 2.05) is 54.6 Å². The van der Waals surface area contributed by atoms with Crippen molar-refractivity contribution in [2.24, 2.45) is 11.5 Å². The number of ether oxygens (including phenoxy) is 1. The van der Waals surface area contributed by atoms with E-state index in [0.29, 0.717) is 13.0 Å². The maximum Gasteiger partial charge on any atom is 0.237 e. The average molecular weight is 321 g/mol. The molecule has 0 spiro atoms. The maximum atomic E-state index is 11.2. The lowest BCUT2D eigenvalue weighted by Gasteiger charge is -2.20. The topological polar surface area (TPSA) is 78.3 Å². The number of rotatable bonds is 6. The van der Waals surface area contributed by atoms with Gasteiger partial charge in [-0.15, -0.1) is 12.4 Å². The molecule has 0 aliphatic heterocycles. The van der Waals surface area contributed by atoms with E-state index in [1.54, 1.807) is 6.92 Å². The van der Waals surface area contributed by atoms with Crippen LogP contribution in [0.3, 0.4) is 0 Å². The van der Waals surface area contributed by atoms with Gasteiger partial charge in [-0.3, -0.25) is 4.79 Å². The molecule has 0 heterocycles. The third kappa shape index (κ3) is 5.06. The lowest BCUT2D eigenvalue weighted by atomic mass is 9.93. The highest BCUT2D eigenvalue weighted by Crippen LogP contribution is 2.17. The predicted octanol–water partition coefficient (Wildman–Crippen LogP) is 2.43. The molecule has 0 saturated carbocycles. The third-order valence-corrected chi connectivity index (χ3v) is 3.31. The number of benzene rings is 2. The summed E-state index contributed by atoms with van der Waals surface area (Å²) in [5, 5.41) is 0. The Morgan fingerprint density at radius 3 is 2.18 bits per heavy atom. The molecule has 0 aromatic heterocycles. The molecule has 2 rings (SSSR count). The Bertz CT molecular complexity index is 598. The molecule has 22 heavy (non-hydrogen) atoms. The van der Waals surface area contributed by atoms with Crippen LogP contribution in [-0.4, -0.2) is 11.4 Å². The van der Waals surface area contributed by atoms with E-state index >= 15 is 0 Å². The Kier molecular flexibility index (Phi) is 6.40. The Hall–Kier alpha value is -2.04. The van der Waals surface area contributed by atoms with Crippen molar-refractivity contribution in [3.05, 3.63) is 65.7 Å². The monoisotopic (exact) mass is 320 g/mol. The summed E-state index contributed by atoms with van der Waals surface area (Å²) in [7, 11) is 0. The number of amides is 1. The molecule has 1 unspecified atom stereocenters. The minimum absolute atomic E-state index is 0. The van der Waals surface area contributed by atoms with Crippen LogP contribution in [0.4, 0.5) is 0 Å². The van der Waals surface area contributed by atoms with Gasteiger partial charge < -0.3 is 16.2 Å². The standard InChI is InChI=1S/C17H20N2O2.ClH/c1-17(19,16(18)20)11-13-7-9-15(10-8-13)21-12-14-5-3-2-4-6-14;/h2-10H,11-12,19H2,1H3,(H2,18,20);1H. The highest BCUT2D eigenvalue weighted by atomic mass is 35.5. The molecule has 1 atom stereocenters. The van der Waals surface area contributed by atoms with Crippen LogP contribution >= 0.6 is 12.4 Å². The second kappa shape index (κ2) is 7.82. The van der Waals surface area contributed by atoms with E-state index in [-0.39, 0.29) is 12.4 Å². The van der Waals surface area contributed by atoms with Crippen molar-refractivity contribution in [1.29, 1.82) is 0 Å². The number of halogens is 1. The van der Waals surface area contributed by atoms with E-state index in [2.05, 4.69) is 0 Å². The summed E-state index contributed by atoms with van der Waals surface area (Å²) in [6.07, 6.45) is 0.404. The molecule has 0 radical (unpaired) electrons. The Morgan fingerprint density at radius 1 is 1.05 bits per heavy atom. The van der Waals surface area contributed by atoms with Gasteiger partial charge in [0.1, 0.15) is 12.4 Å². The summed E-state index contributed by atoms with van der Waals surface area (Å²) in [5.74, 6) is 0.271. The molecule has 0 aliphatic rings. The first-order valence-corrected chi connectivity index (χ1v) is 6.82. The van der Waals surface area contributed by atoms with Crippen molar-refractivity contribution in [3.8, 4) is 5.75 Å². The number of carbonyl (C=O) groups excluding carboxylic acids is 1. The minimum Gasteiger partial charge on any atom is -0.489 e. The summed E-state index contributed by atoms with van der Waals surface area (Å²) in [4.78, 5) is 11.2. The van der Waals surface area contributed by atoms with Crippen molar-refractivity contribution in [2.45, 2.75) is 25.5 Å². The molecule has 0 bridgehead atoms. The van der Waals surface area contributed by atoms with Crippen LogP contribution in [0.5, 0.6) is 5.75 Å². The van der Waals surface area contributed by atoms with Gasteiger partial charge in [-0.05, 0) is 36.6 Å². The van der Waals surface area contributed by atoms with E-state index in [4.69, 9.17) is 16.2 Å². The molecule has 5 heteroatoms. The van der Waals surface area contributed by atoms with Crippen LogP contribution in [0.15, 0.2) is 54.6 Å². The third-order valence-electron chi connectivity index (χ3n) is 3.31. The Labute approximate surface area is 136 Å². The maximum absolute atomic E-state index is 11.2. The van der Waals surface area contributed by atoms with E-state index < -0.39 is 11.4 Å². The van der Waals surface area contributed by atoms with Gasteiger partial charge in [-0.2, -0.15) is 0 Å². The fraction of sp³-hybridized carbons (Fsp3) is 0.235. The summed E-state index contributed by atoms with van der Waals surface area (Å²) < 4.78 is 5.70. The van der Waals surface area contributed by atoms with Crippen molar-refractivity contribution in [3.63, 3.8) is 0 Å². The van der Waals surface area contributed by atoms with Crippen LogP contribution in [-0.2, 0) is 17.8 Å². The lowest BCUT2D eigenvalue weighted by Crippen LogP contribution is -2.51. The van der Waals surface area contributed by atoms with Crippen LogP contribution in [0.25, 0.3) is 0 Å². The van der Waals surface area contributed by atoms with E-state index in [0.717, 1.165) is 16.9 Å². The number of primary amides is 1. The van der Waals surface area contributed by atoms with Crippen molar-refractivity contribution >= 4 is 18.3 Å². The normalized spacial score (nSPS) is 12.8. The van der Waals surface area contributed by atoms with Crippen molar-refractivity contribution in [1.82, 2.24) is 0 Å². The molecular weight excluding hydrogens is 300 g/mol. The van der Waals surface area contributed by atoms with Crippen molar-refractivity contribution in [2.75, 3.05) is 0 Å². The van der Waals surface area contributed by atoms with E-state index in [9.17, 15) is 4.79 Å². The van der Waals surface area contributed by atoms with Gasteiger partial charge in [-0.1, -0.05) is 42.5 Å². The zero-order chi connectivity index (χ0) is 15.3. The van der Waals surface area contributed by atoms with Crippen LogP contribution in [0.1, 0.15) is 18.1 Å².